The summed E-state index contributed by atoms with van der Waals surface area (Å²) in [6, 6.07) is 5.15. The third-order valence-electron chi connectivity index (χ3n) is 5.26. The van der Waals surface area contributed by atoms with Crippen LogP contribution in [0.1, 0.15) is 38.0 Å². The first-order chi connectivity index (χ1) is 11.1. The van der Waals surface area contributed by atoms with Crippen LogP contribution in [0.5, 0.6) is 0 Å². The topological polar surface area (TPSA) is 26.8 Å². The molecule has 2 atom stereocenters. The van der Waals surface area contributed by atoms with Gasteiger partial charge < -0.3 is 4.90 Å². The van der Waals surface area contributed by atoms with Gasteiger partial charge in [0.25, 0.3) is 0 Å². The normalized spacial score (nSPS) is 27.3. The monoisotopic (exact) mass is 335 g/mol. The second-order valence-electron chi connectivity index (χ2n) is 7.06. The smallest absolute Gasteiger partial charge is 0.237 e. The molecule has 0 spiro atoms. The lowest BCUT2D eigenvalue weighted by molar-refractivity contribution is -0.139. The molecule has 0 radical (unpaired) electrons. The fourth-order valence-electron chi connectivity index (χ4n) is 3.91. The Kier molecular flexibility index (Phi) is 5.72. The molecule has 0 N–H and O–H groups in total. The Hall–Kier alpha value is -0.910. The summed E-state index contributed by atoms with van der Waals surface area (Å²) in [4.78, 5) is 21.1. The Bertz CT molecular complexity index is 486. The molecule has 2 unspecified atom stereocenters. The van der Waals surface area contributed by atoms with Crippen LogP contribution < -0.4 is 0 Å². The number of piperazine rings is 1. The maximum atomic E-state index is 12.7. The van der Waals surface area contributed by atoms with Crippen LogP contribution in [0.4, 0.5) is 0 Å². The molecule has 128 valence electrons. The minimum atomic E-state index is 0.330. The van der Waals surface area contributed by atoms with Gasteiger partial charge in [0.1, 0.15) is 0 Å². The van der Waals surface area contributed by atoms with Crippen LogP contribution in [0.3, 0.4) is 0 Å². The first-order valence-electron chi connectivity index (χ1n) is 8.91. The SMILES string of the molecule is CC1CCCC(C)N1C(=O)CN1CCN(Cc2cccs2)CC1. The van der Waals surface area contributed by atoms with Gasteiger partial charge in [0.15, 0.2) is 0 Å². The van der Waals surface area contributed by atoms with Crippen molar-refractivity contribution in [2.45, 2.75) is 51.7 Å². The van der Waals surface area contributed by atoms with Crippen molar-refractivity contribution in [3.8, 4) is 0 Å². The minimum Gasteiger partial charge on any atom is -0.336 e. The van der Waals surface area contributed by atoms with Crippen molar-refractivity contribution >= 4 is 17.2 Å². The van der Waals surface area contributed by atoms with Gasteiger partial charge in [-0.3, -0.25) is 14.6 Å². The lowest BCUT2D eigenvalue weighted by atomic mass is 9.97. The van der Waals surface area contributed by atoms with Crippen LogP contribution in [0.15, 0.2) is 17.5 Å². The summed E-state index contributed by atoms with van der Waals surface area (Å²) in [6.07, 6.45) is 3.57. The summed E-state index contributed by atoms with van der Waals surface area (Å²) in [7, 11) is 0. The average Bonchev–Trinajstić information content (AvgIpc) is 3.02. The Morgan fingerprint density at radius 2 is 1.78 bits per heavy atom. The molecule has 1 aromatic rings. The van der Waals surface area contributed by atoms with Gasteiger partial charge in [-0.2, -0.15) is 0 Å². The maximum absolute atomic E-state index is 12.7. The number of carbonyl (C=O) groups excluding carboxylic acids is 1. The van der Waals surface area contributed by atoms with E-state index >= 15 is 0 Å². The highest BCUT2D eigenvalue weighted by atomic mass is 32.1. The molecule has 0 bridgehead atoms. The van der Waals surface area contributed by atoms with Gasteiger partial charge >= 0.3 is 0 Å². The zero-order valence-corrected chi connectivity index (χ0v) is 15.2. The first kappa shape index (κ1) is 16.9. The number of amides is 1. The zero-order valence-electron chi connectivity index (χ0n) is 14.4. The van der Waals surface area contributed by atoms with E-state index in [4.69, 9.17) is 0 Å². The molecule has 0 saturated carbocycles. The molecule has 3 heterocycles. The minimum absolute atomic E-state index is 0.330. The lowest BCUT2D eigenvalue weighted by Crippen LogP contribution is -2.54. The van der Waals surface area contributed by atoms with E-state index in [1.54, 1.807) is 0 Å². The summed E-state index contributed by atoms with van der Waals surface area (Å²) < 4.78 is 0. The van der Waals surface area contributed by atoms with E-state index < -0.39 is 0 Å². The molecule has 5 heteroatoms. The molecule has 1 amide bonds. The van der Waals surface area contributed by atoms with Gasteiger partial charge in [-0.1, -0.05) is 6.07 Å². The van der Waals surface area contributed by atoms with E-state index in [1.165, 1.54) is 11.3 Å². The van der Waals surface area contributed by atoms with Crippen LogP contribution in [-0.4, -0.2) is 65.4 Å². The van der Waals surface area contributed by atoms with Gasteiger partial charge in [0.2, 0.25) is 5.91 Å². The van der Waals surface area contributed by atoms with Crippen LogP contribution in [0.2, 0.25) is 0 Å². The molecule has 2 aliphatic rings. The lowest BCUT2D eigenvalue weighted by Gasteiger charge is -2.41. The number of nitrogens with zero attached hydrogens (tertiary/aromatic N) is 3. The average molecular weight is 336 g/mol. The Labute approximate surface area is 144 Å². The number of carbonyl (C=O) groups is 1. The Balaban J connectivity index is 1.45. The zero-order chi connectivity index (χ0) is 16.2. The summed E-state index contributed by atoms with van der Waals surface area (Å²) in [5.41, 5.74) is 0. The molecule has 2 saturated heterocycles. The van der Waals surface area contributed by atoms with Gasteiger partial charge in [0, 0.05) is 49.7 Å². The van der Waals surface area contributed by atoms with E-state index in [0.29, 0.717) is 24.5 Å². The van der Waals surface area contributed by atoms with Gasteiger partial charge in [-0.15, -0.1) is 11.3 Å². The molecule has 23 heavy (non-hydrogen) atoms. The maximum Gasteiger partial charge on any atom is 0.237 e. The van der Waals surface area contributed by atoms with Crippen molar-refractivity contribution in [1.82, 2.24) is 14.7 Å². The number of piperidine rings is 1. The molecule has 4 nitrogen and oxygen atoms in total. The van der Waals surface area contributed by atoms with E-state index in [0.717, 1.165) is 45.6 Å². The summed E-state index contributed by atoms with van der Waals surface area (Å²) >= 11 is 1.83. The fraction of sp³-hybridized carbons (Fsp3) is 0.722. The summed E-state index contributed by atoms with van der Waals surface area (Å²) in [6.45, 7) is 10.2. The van der Waals surface area contributed by atoms with E-state index in [9.17, 15) is 4.79 Å². The molecule has 2 fully saturated rings. The third-order valence-corrected chi connectivity index (χ3v) is 6.13. The van der Waals surface area contributed by atoms with Crippen LogP contribution in [0.25, 0.3) is 0 Å². The van der Waals surface area contributed by atoms with Crippen LogP contribution in [0, 0.1) is 0 Å². The Morgan fingerprint density at radius 3 is 2.39 bits per heavy atom. The number of hydrogen-bond donors (Lipinski definition) is 0. The summed E-state index contributed by atoms with van der Waals surface area (Å²) in [5.74, 6) is 0.330. The van der Waals surface area contributed by atoms with Gasteiger partial charge in [0.05, 0.1) is 6.54 Å². The first-order valence-corrected chi connectivity index (χ1v) is 9.79. The van der Waals surface area contributed by atoms with Crippen molar-refractivity contribution in [3.63, 3.8) is 0 Å². The molecule has 0 aliphatic carbocycles. The molecule has 2 aliphatic heterocycles. The van der Waals surface area contributed by atoms with Crippen molar-refractivity contribution in [1.29, 1.82) is 0 Å². The van der Waals surface area contributed by atoms with Gasteiger partial charge in [-0.25, -0.2) is 0 Å². The third kappa shape index (κ3) is 4.34. The highest BCUT2D eigenvalue weighted by molar-refractivity contribution is 7.09. The molecule has 3 rings (SSSR count). The molecule has 0 aromatic carbocycles. The van der Waals surface area contributed by atoms with Crippen LogP contribution in [-0.2, 0) is 11.3 Å². The van der Waals surface area contributed by atoms with Gasteiger partial charge in [-0.05, 0) is 44.6 Å². The highest BCUT2D eigenvalue weighted by Gasteiger charge is 2.30. The molecular weight excluding hydrogens is 306 g/mol. The van der Waals surface area contributed by atoms with Crippen molar-refractivity contribution < 1.29 is 4.79 Å². The van der Waals surface area contributed by atoms with E-state index in [2.05, 4.69) is 46.1 Å². The quantitative estimate of drug-likeness (QED) is 0.846. The van der Waals surface area contributed by atoms with E-state index in [-0.39, 0.29) is 0 Å². The van der Waals surface area contributed by atoms with Crippen molar-refractivity contribution in [2.75, 3.05) is 32.7 Å². The molecule has 1 aromatic heterocycles. The number of hydrogen-bond acceptors (Lipinski definition) is 4. The van der Waals surface area contributed by atoms with Crippen molar-refractivity contribution in [3.05, 3.63) is 22.4 Å². The number of likely N-dealkylation sites (tertiary alicyclic amines) is 1. The van der Waals surface area contributed by atoms with E-state index in [1.807, 2.05) is 11.3 Å². The largest absolute Gasteiger partial charge is 0.336 e. The number of thiophene rings is 1. The predicted octanol–water partition coefficient (Wildman–Crippen LogP) is 2.66. The fourth-order valence-corrected chi connectivity index (χ4v) is 4.66. The highest BCUT2D eigenvalue weighted by Crippen LogP contribution is 2.23. The molecular formula is C18H29N3OS. The Morgan fingerprint density at radius 1 is 1.13 bits per heavy atom. The van der Waals surface area contributed by atoms with Crippen molar-refractivity contribution in [2.24, 2.45) is 0 Å². The van der Waals surface area contributed by atoms with Crippen LogP contribution >= 0.6 is 11.3 Å². The summed E-state index contributed by atoms with van der Waals surface area (Å²) in [5, 5.41) is 2.14. The standard InChI is InChI=1S/C18H29N3OS/c1-15-5-3-6-16(2)21(15)18(22)14-20-10-8-19(9-11-20)13-17-7-4-12-23-17/h4,7,12,15-16H,3,5-6,8-11,13-14H2,1-2H3. The predicted molar refractivity (Wildman–Crippen MR) is 95.7 cm³/mol. The second kappa shape index (κ2) is 7.77. The number of rotatable bonds is 4. The second-order valence-corrected chi connectivity index (χ2v) is 8.09.